The number of nitrogens with zero attached hydrogens (tertiary/aromatic N) is 1. The molecule has 0 saturated heterocycles. The van der Waals surface area contributed by atoms with Crippen molar-refractivity contribution in [1.82, 2.24) is 5.32 Å². The molecule has 4 heteroatoms. The first-order valence-corrected chi connectivity index (χ1v) is 5.62. The Bertz CT molecular complexity index is 384. The monoisotopic (exact) mass is 232 g/mol. The topological polar surface area (TPSA) is 73.1 Å². The van der Waals surface area contributed by atoms with Crippen LogP contribution in [-0.2, 0) is 4.79 Å². The van der Waals surface area contributed by atoms with E-state index in [0.29, 0.717) is 18.5 Å². The van der Waals surface area contributed by atoms with E-state index < -0.39 is 5.92 Å². The second kappa shape index (κ2) is 7.42. The van der Waals surface area contributed by atoms with Gasteiger partial charge < -0.3 is 10.4 Å². The van der Waals surface area contributed by atoms with Crippen molar-refractivity contribution in [3.63, 3.8) is 0 Å². The van der Waals surface area contributed by atoms with Crippen LogP contribution in [-0.4, -0.2) is 24.2 Å². The van der Waals surface area contributed by atoms with E-state index in [-0.39, 0.29) is 12.5 Å². The maximum absolute atomic E-state index is 11.7. The Kier molecular flexibility index (Phi) is 5.76. The zero-order valence-corrected chi connectivity index (χ0v) is 9.60. The lowest BCUT2D eigenvalue weighted by Gasteiger charge is -2.10. The van der Waals surface area contributed by atoms with Gasteiger partial charge in [-0.15, -0.1) is 0 Å². The Hall–Kier alpha value is -1.86. The number of amides is 1. The minimum absolute atomic E-state index is 0.121. The van der Waals surface area contributed by atoms with Gasteiger partial charge in [-0.25, -0.2) is 0 Å². The van der Waals surface area contributed by atoms with Crippen molar-refractivity contribution >= 4 is 5.91 Å². The third-order valence-corrected chi connectivity index (χ3v) is 2.41. The number of aliphatic hydroxyl groups is 1. The lowest BCUT2D eigenvalue weighted by molar-refractivity contribution is -0.121. The van der Waals surface area contributed by atoms with Crippen LogP contribution in [0.3, 0.4) is 0 Å². The molecule has 1 amide bonds. The highest BCUT2D eigenvalue weighted by Gasteiger charge is 2.18. The SMILES string of the molecule is N#CC(C(=O)NCCCCO)c1ccccc1. The number of nitriles is 1. The number of carbonyl (C=O) groups is 1. The molecule has 1 unspecified atom stereocenters. The van der Waals surface area contributed by atoms with Crippen LogP contribution in [0.15, 0.2) is 30.3 Å². The van der Waals surface area contributed by atoms with Gasteiger partial charge in [-0.2, -0.15) is 5.26 Å². The maximum Gasteiger partial charge on any atom is 0.241 e. The summed E-state index contributed by atoms with van der Waals surface area (Å²) >= 11 is 0. The zero-order chi connectivity index (χ0) is 12.5. The van der Waals surface area contributed by atoms with Crippen LogP contribution in [0.2, 0.25) is 0 Å². The summed E-state index contributed by atoms with van der Waals surface area (Å²) < 4.78 is 0. The van der Waals surface area contributed by atoms with Crippen LogP contribution in [0.5, 0.6) is 0 Å². The van der Waals surface area contributed by atoms with E-state index in [2.05, 4.69) is 5.32 Å². The third-order valence-electron chi connectivity index (χ3n) is 2.41. The first-order chi connectivity index (χ1) is 8.29. The minimum atomic E-state index is -0.759. The normalized spacial score (nSPS) is 11.5. The van der Waals surface area contributed by atoms with Gasteiger partial charge in [0.25, 0.3) is 0 Å². The van der Waals surface area contributed by atoms with E-state index in [9.17, 15) is 4.79 Å². The van der Waals surface area contributed by atoms with Crippen LogP contribution in [0.4, 0.5) is 0 Å². The Morgan fingerprint density at radius 2 is 2.06 bits per heavy atom. The molecule has 0 aliphatic heterocycles. The van der Waals surface area contributed by atoms with Crippen LogP contribution < -0.4 is 5.32 Å². The molecule has 2 N–H and O–H groups in total. The number of rotatable bonds is 6. The van der Waals surface area contributed by atoms with E-state index in [0.717, 1.165) is 6.42 Å². The van der Waals surface area contributed by atoms with Gasteiger partial charge in [-0.3, -0.25) is 4.79 Å². The predicted molar refractivity (Wildman–Crippen MR) is 64.1 cm³/mol. The Balaban J connectivity index is 2.52. The van der Waals surface area contributed by atoms with Gasteiger partial charge in [0.2, 0.25) is 5.91 Å². The summed E-state index contributed by atoms with van der Waals surface area (Å²) in [6.45, 7) is 0.612. The quantitative estimate of drug-likeness (QED) is 0.723. The zero-order valence-electron chi connectivity index (χ0n) is 9.60. The van der Waals surface area contributed by atoms with Crippen molar-refractivity contribution in [2.24, 2.45) is 0 Å². The largest absolute Gasteiger partial charge is 0.396 e. The fourth-order valence-corrected chi connectivity index (χ4v) is 1.48. The number of benzene rings is 1. The number of hydrogen-bond acceptors (Lipinski definition) is 3. The van der Waals surface area contributed by atoms with Crippen molar-refractivity contribution in [3.8, 4) is 6.07 Å². The number of unbranched alkanes of at least 4 members (excludes halogenated alkanes) is 1. The standard InChI is InChI=1S/C13H16N2O2/c14-10-12(11-6-2-1-3-7-11)13(17)15-8-4-5-9-16/h1-3,6-7,12,16H,4-5,8-9H2,(H,15,17). The maximum atomic E-state index is 11.7. The number of carbonyl (C=O) groups excluding carboxylic acids is 1. The van der Waals surface area contributed by atoms with Gasteiger partial charge >= 0.3 is 0 Å². The van der Waals surface area contributed by atoms with Crippen molar-refractivity contribution < 1.29 is 9.90 Å². The molecular weight excluding hydrogens is 216 g/mol. The molecule has 0 bridgehead atoms. The molecule has 0 aliphatic rings. The summed E-state index contributed by atoms with van der Waals surface area (Å²) in [5.74, 6) is -1.04. The molecule has 4 nitrogen and oxygen atoms in total. The Labute approximate surface area is 101 Å². The molecule has 1 rings (SSSR count). The minimum Gasteiger partial charge on any atom is -0.396 e. The van der Waals surface area contributed by atoms with Gasteiger partial charge in [-0.1, -0.05) is 30.3 Å². The summed E-state index contributed by atoms with van der Waals surface area (Å²) in [6, 6.07) is 11.0. The third kappa shape index (κ3) is 4.25. The predicted octanol–water partition coefficient (Wildman–Crippen LogP) is 1.18. The second-order valence-corrected chi connectivity index (χ2v) is 3.69. The summed E-state index contributed by atoms with van der Waals surface area (Å²) in [7, 11) is 0. The first kappa shape index (κ1) is 13.2. The van der Waals surface area contributed by atoms with E-state index in [4.69, 9.17) is 10.4 Å². The smallest absolute Gasteiger partial charge is 0.241 e. The molecule has 0 fully saturated rings. The molecular formula is C13H16N2O2. The van der Waals surface area contributed by atoms with Crippen LogP contribution in [0, 0.1) is 11.3 Å². The average Bonchev–Trinajstić information content (AvgIpc) is 2.37. The molecule has 0 saturated carbocycles. The lowest BCUT2D eigenvalue weighted by Crippen LogP contribution is -2.29. The van der Waals surface area contributed by atoms with Gasteiger partial charge in [0.1, 0.15) is 5.92 Å². The molecule has 90 valence electrons. The fraction of sp³-hybridized carbons (Fsp3) is 0.385. The second-order valence-electron chi connectivity index (χ2n) is 3.69. The average molecular weight is 232 g/mol. The molecule has 0 spiro atoms. The highest BCUT2D eigenvalue weighted by Crippen LogP contribution is 2.14. The number of aliphatic hydroxyl groups excluding tert-OH is 1. The Morgan fingerprint density at radius 1 is 1.35 bits per heavy atom. The van der Waals surface area contributed by atoms with Crippen molar-refractivity contribution in [2.75, 3.05) is 13.2 Å². The molecule has 1 aromatic carbocycles. The molecule has 0 aromatic heterocycles. The summed E-state index contributed by atoms with van der Waals surface area (Å²) in [4.78, 5) is 11.7. The highest BCUT2D eigenvalue weighted by atomic mass is 16.2. The molecule has 17 heavy (non-hydrogen) atoms. The summed E-state index contributed by atoms with van der Waals surface area (Å²) in [6.07, 6.45) is 1.37. The van der Waals surface area contributed by atoms with E-state index in [1.165, 1.54) is 0 Å². The van der Waals surface area contributed by atoms with Crippen LogP contribution >= 0.6 is 0 Å². The van der Waals surface area contributed by atoms with Gasteiger partial charge in [0.15, 0.2) is 0 Å². The van der Waals surface area contributed by atoms with E-state index in [1.54, 1.807) is 24.3 Å². The summed E-state index contributed by atoms with van der Waals surface area (Å²) in [5.41, 5.74) is 0.703. The molecule has 0 aliphatic carbocycles. The van der Waals surface area contributed by atoms with Crippen LogP contribution in [0.1, 0.15) is 24.3 Å². The number of nitrogens with one attached hydrogen (secondary N) is 1. The van der Waals surface area contributed by atoms with Crippen molar-refractivity contribution in [3.05, 3.63) is 35.9 Å². The molecule has 1 atom stereocenters. The molecule has 1 aromatic rings. The van der Waals surface area contributed by atoms with Gasteiger partial charge in [0, 0.05) is 13.2 Å². The van der Waals surface area contributed by atoms with Crippen LogP contribution in [0.25, 0.3) is 0 Å². The molecule has 0 heterocycles. The fourth-order valence-electron chi connectivity index (χ4n) is 1.48. The first-order valence-electron chi connectivity index (χ1n) is 5.62. The Morgan fingerprint density at radius 3 is 2.65 bits per heavy atom. The molecule has 0 radical (unpaired) electrons. The summed E-state index contributed by atoms with van der Waals surface area (Å²) in [5, 5.41) is 20.3. The van der Waals surface area contributed by atoms with E-state index >= 15 is 0 Å². The van der Waals surface area contributed by atoms with Gasteiger partial charge in [0.05, 0.1) is 6.07 Å². The van der Waals surface area contributed by atoms with Gasteiger partial charge in [-0.05, 0) is 18.4 Å². The highest BCUT2D eigenvalue weighted by molar-refractivity contribution is 5.86. The van der Waals surface area contributed by atoms with E-state index in [1.807, 2.05) is 12.1 Å². The van der Waals surface area contributed by atoms with Crippen molar-refractivity contribution in [2.45, 2.75) is 18.8 Å². The number of hydrogen-bond donors (Lipinski definition) is 2. The lowest BCUT2D eigenvalue weighted by atomic mass is 10.00. The van der Waals surface area contributed by atoms with Crippen molar-refractivity contribution in [1.29, 1.82) is 5.26 Å².